The van der Waals surface area contributed by atoms with E-state index in [2.05, 4.69) is 15.9 Å². The van der Waals surface area contributed by atoms with Crippen LogP contribution in [0.3, 0.4) is 0 Å². The van der Waals surface area contributed by atoms with E-state index in [4.69, 9.17) is 10.8 Å². The molecule has 0 bridgehead atoms. The topological polar surface area (TPSA) is 122 Å². The van der Waals surface area contributed by atoms with Crippen LogP contribution in [0, 0.1) is 11.6 Å². The molecule has 3 amide bonds. The van der Waals surface area contributed by atoms with Crippen LogP contribution < -0.4 is 16.4 Å². The van der Waals surface area contributed by atoms with E-state index in [1.807, 2.05) is 10.6 Å². The molecule has 0 aliphatic carbocycles. The summed E-state index contributed by atoms with van der Waals surface area (Å²) in [6.07, 6.45) is -0.627. The van der Waals surface area contributed by atoms with Gasteiger partial charge in [-0.3, -0.25) is 4.79 Å². The minimum Gasteiger partial charge on any atom is -0.480 e. The molecule has 0 radical (unpaired) electrons. The average molecular weight is 366 g/mol. The summed E-state index contributed by atoms with van der Waals surface area (Å²) in [6, 6.07) is -1.14. The average Bonchev–Trinajstić information content (AvgIpc) is 2.34. The van der Waals surface area contributed by atoms with Gasteiger partial charge in [0.25, 0.3) is 0 Å². The number of hydrogen-bond donors (Lipinski definition) is 4. The van der Waals surface area contributed by atoms with Crippen molar-refractivity contribution >= 4 is 39.5 Å². The Morgan fingerprint density at radius 2 is 1.90 bits per heavy atom. The molecule has 21 heavy (non-hydrogen) atoms. The zero-order chi connectivity index (χ0) is 16.2. The molecule has 0 saturated heterocycles. The van der Waals surface area contributed by atoms with Crippen molar-refractivity contribution in [2.75, 3.05) is 5.32 Å². The summed E-state index contributed by atoms with van der Waals surface area (Å²) in [5, 5.41) is 12.7. The van der Waals surface area contributed by atoms with Gasteiger partial charge in [-0.25, -0.2) is 18.4 Å². The molecule has 5 N–H and O–H groups in total. The van der Waals surface area contributed by atoms with Gasteiger partial charge in [-0.05, 0) is 22.0 Å². The van der Waals surface area contributed by atoms with Crippen molar-refractivity contribution in [3.8, 4) is 0 Å². The Morgan fingerprint density at radius 3 is 2.43 bits per heavy atom. The number of nitrogens with one attached hydrogen (secondary N) is 2. The van der Waals surface area contributed by atoms with Crippen LogP contribution in [-0.2, 0) is 9.59 Å². The Bertz CT molecular complexity index is 597. The molecule has 0 aliphatic rings. The molecule has 0 aliphatic heterocycles. The maximum Gasteiger partial charge on any atom is 0.326 e. The number of benzene rings is 1. The number of anilines is 1. The zero-order valence-electron chi connectivity index (χ0n) is 10.3. The van der Waals surface area contributed by atoms with Gasteiger partial charge in [0.2, 0.25) is 5.91 Å². The molecule has 114 valence electrons. The number of aliphatic carboxylic acids is 1. The molecule has 0 saturated carbocycles. The summed E-state index contributed by atoms with van der Waals surface area (Å²) >= 11 is 2.81. The first-order valence-corrected chi connectivity index (χ1v) is 6.23. The monoisotopic (exact) mass is 365 g/mol. The second kappa shape index (κ2) is 6.97. The summed E-state index contributed by atoms with van der Waals surface area (Å²) in [5.41, 5.74) is 4.47. The fourth-order valence-corrected chi connectivity index (χ4v) is 1.68. The molecule has 10 heteroatoms. The summed E-state index contributed by atoms with van der Waals surface area (Å²) in [7, 11) is 0. The van der Waals surface area contributed by atoms with Crippen LogP contribution in [0.15, 0.2) is 16.6 Å². The van der Waals surface area contributed by atoms with Crippen molar-refractivity contribution in [3.05, 3.63) is 28.2 Å². The molecule has 1 aromatic rings. The lowest BCUT2D eigenvalue weighted by atomic mass is 10.2. The third-order valence-corrected chi connectivity index (χ3v) is 2.87. The van der Waals surface area contributed by atoms with Crippen molar-refractivity contribution in [2.24, 2.45) is 5.73 Å². The number of amides is 3. The van der Waals surface area contributed by atoms with Gasteiger partial charge >= 0.3 is 12.0 Å². The van der Waals surface area contributed by atoms with Gasteiger partial charge in [0.15, 0.2) is 0 Å². The van der Waals surface area contributed by atoms with Gasteiger partial charge in [-0.2, -0.15) is 0 Å². The van der Waals surface area contributed by atoms with Crippen molar-refractivity contribution in [1.29, 1.82) is 0 Å². The van der Waals surface area contributed by atoms with Crippen molar-refractivity contribution < 1.29 is 28.3 Å². The summed E-state index contributed by atoms with van der Waals surface area (Å²) in [4.78, 5) is 33.0. The number of primary amides is 1. The molecule has 7 nitrogen and oxygen atoms in total. The molecule has 1 aromatic carbocycles. The van der Waals surface area contributed by atoms with E-state index in [-0.39, 0.29) is 10.2 Å². The van der Waals surface area contributed by atoms with E-state index in [1.54, 1.807) is 0 Å². The Balaban J connectivity index is 2.79. The number of carbonyl (C=O) groups is 3. The molecule has 1 unspecified atom stereocenters. The molecule has 0 aromatic heterocycles. The van der Waals surface area contributed by atoms with E-state index in [0.717, 1.165) is 6.07 Å². The number of rotatable bonds is 5. The second-order valence-corrected chi connectivity index (χ2v) is 4.76. The van der Waals surface area contributed by atoms with Gasteiger partial charge in [0, 0.05) is 6.07 Å². The van der Waals surface area contributed by atoms with E-state index < -0.39 is 42.0 Å². The van der Waals surface area contributed by atoms with Crippen LogP contribution in [0.1, 0.15) is 6.42 Å². The normalized spacial score (nSPS) is 11.6. The number of carboxylic acids is 1. The highest BCUT2D eigenvalue weighted by molar-refractivity contribution is 9.10. The SMILES string of the molecule is NC(=O)CC(NC(=O)Nc1cc(Br)c(F)cc1F)C(=O)O. The quantitative estimate of drug-likeness (QED) is 0.585. The Hall–Kier alpha value is -2.23. The fraction of sp³-hybridized carbons (Fsp3) is 0.182. The minimum atomic E-state index is -1.56. The zero-order valence-corrected chi connectivity index (χ0v) is 11.9. The molecule has 1 atom stereocenters. The third-order valence-electron chi connectivity index (χ3n) is 2.27. The van der Waals surface area contributed by atoms with E-state index in [1.165, 1.54) is 0 Å². The molecular weight excluding hydrogens is 356 g/mol. The van der Waals surface area contributed by atoms with Gasteiger partial charge < -0.3 is 21.5 Å². The standard InChI is InChI=1S/C11H10BrF2N3O4/c12-4-1-7(6(14)2-5(4)13)16-11(21)17-8(10(19)20)3-9(15)18/h1-2,8H,3H2,(H2,15,18)(H,19,20)(H2,16,17,21). The number of carboxylic acid groups (broad SMARTS) is 1. The van der Waals surface area contributed by atoms with Crippen LogP contribution >= 0.6 is 15.9 Å². The number of halogens is 3. The largest absolute Gasteiger partial charge is 0.480 e. The first-order valence-electron chi connectivity index (χ1n) is 5.44. The smallest absolute Gasteiger partial charge is 0.326 e. The van der Waals surface area contributed by atoms with Gasteiger partial charge in [-0.15, -0.1) is 0 Å². The number of nitrogens with two attached hydrogens (primary N) is 1. The second-order valence-electron chi connectivity index (χ2n) is 3.91. The minimum absolute atomic E-state index is 0.0916. The maximum atomic E-state index is 13.4. The van der Waals surface area contributed by atoms with E-state index in [0.29, 0.717) is 6.07 Å². The predicted molar refractivity (Wildman–Crippen MR) is 71.4 cm³/mol. The van der Waals surface area contributed by atoms with Crippen LogP contribution in [0.2, 0.25) is 0 Å². The lowest BCUT2D eigenvalue weighted by Gasteiger charge is -2.14. The molecule has 0 heterocycles. The number of hydrogen-bond acceptors (Lipinski definition) is 3. The van der Waals surface area contributed by atoms with Crippen LogP contribution in [-0.4, -0.2) is 29.1 Å². The molecule has 0 fully saturated rings. The first-order chi connectivity index (χ1) is 9.70. The first kappa shape index (κ1) is 16.8. The van der Waals surface area contributed by atoms with Crippen LogP contribution in [0.4, 0.5) is 19.3 Å². The lowest BCUT2D eigenvalue weighted by Crippen LogP contribution is -2.45. The molecule has 1 rings (SSSR count). The molecule has 0 spiro atoms. The predicted octanol–water partition coefficient (Wildman–Crippen LogP) is 1.18. The third kappa shape index (κ3) is 4.99. The van der Waals surface area contributed by atoms with E-state index >= 15 is 0 Å². The van der Waals surface area contributed by atoms with Gasteiger partial charge in [-0.1, -0.05) is 0 Å². The van der Waals surface area contributed by atoms with Crippen LogP contribution in [0.5, 0.6) is 0 Å². The maximum absolute atomic E-state index is 13.4. The lowest BCUT2D eigenvalue weighted by molar-refractivity contribution is -0.140. The number of carbonyl (C=O) groups excluding carboxylic acids is 2. The fourth-order valence-electron chi connectivity index (χ4n) is 1.34. The summed E-state index contributed by atoms with van der Waals surface area (Å²) in [5.74, 6) is -4.33. The van der Waals surface area contributed by atoms with Crippen molar-refractivity contribution in [2.45, 2.75) is 12.5 Å². The van der Waals surface area contributed by atoms with Gasteiger partial charge in [0.05, 0.1) is 16.6 Å². The Morgan fingerprint density at radius 1 is 1.29 bits per heavy atom. The highest BCUT2D eigenvalue weighted by Crippen LogP contribution is 2.23. The number of urea groups is 1. The van der Waals surface area contributed by atoms with Crippen molar-refractivity contribution in [3.63, 3.8) is 0 Å². The van der Waals surface area contributed by atoms with Crippen molar-refractivity contribution in [1.82, 2.24) is 5.32 Å². The van der Waals surface area contributed by atoms with E-state index in [9.17, 15) is 23.2 Å². The van der Waals surface area contributed by atoms with Gasteiger partial charge in [0.1, 0.15) is 17.7 Å². The highest BCUT2D eigenvalue weighted by atomic mass is 79.9. The highest BCUT2D eigenvalue weighted by Gasteiger charge is 2.22. The Labute approximate surface area is 125 Å². The molecular formula is C11H10BrF2N3O4. The van der Waals surface area contributed by atoms with Crippen LogP contribution in [0.25, 0.3) is 0 Å². The Kier molecular flexibility index (Phi) is 5.59. The summed E-state index contributed by atoms with van der Waals surface area (Å²) in [6.45, 7) is 0. The summed E-state index contributed by atoms with van der Waals surface area (Å²) < 4.78 is 26.3.